The molecule has 0 spiro atoms. The highest BCUT2D eigenvalue weighted by molar-refractivity contribution is 9.11. The molecule has 0 aliphatic carbocycles. The Morgan fingerprint density at radius 2 is 1.60 bits per heavy atom. The second kappa shape index (κ2) is 3.24. The van der Waals surface area contributed by atoms with E-state index in [-0.39, 0.29) is 26.8 Å². The second-order valence-electron chi connectivity index (χ2n) is 1.54. The molecule has 0 fully saturated rings. The van der Waals surface area contributed by atoms with Crippen molar-refractivity contribution in [2.24, 2.45) is 0 Å². The zero-order valence-electron chi connectivity index (χ0n) is 6.58. The molecule has 1 aromatic rings. The lowest BCUT2D eigenvalue weighted by Gasteiger charge is -1.99. The third kappa shape index (κ3) is 1.74. The topological polar surface area (TPSA) is 20.2 Å². The molecule has 1 aromatic carbocycles. The summed E-state index contributed by atoms with van der Waals surface area (Å²) in [5, 5.41) is 9.34. The van der Waals surface area contributed by atoms with E-state index >= 15 is 0 Å². The van der Waals surface area contributed by atoms with Gasteiger partial charge in [-0.05, 0) is 43.9 Å². The number of benzene rings is 1. The lowest BCUT2D eigenvalue weighted by molar-refractivity contribution is 0.468. The van der Waals surface area contributed by atoms with Gasteiger partial charge in [0.05, 0.1) is 11.7 Å². The summed E-state index contributed by atoms with van der Waals surface area (Å²) in [7, 11) is 0. The fraction of sp³-hybridized carbons (Fsp3) is 0. The Bertz CT molecular complexity index is 235. The Morgan fingerprint density at radius 3 is 2.00 bits per heavy atom. The molecule has 0 unspecified atom stereocenters. The SMILES string of the molecule is [2H]c1c(Br)c([2H])c(Br)c(O)c1Br. The first kappa shape index (κ1) is 6.03. The van der Waals surface area contributed by atoms with Crippen molar-refractivity contribution in [1.29, 1.82) is 0 Å². The van der Waals surface area contributed by atoms with Gasteiger partial charge in [0.1, 0.15) is 5.75 Å². The van der Waals surface area contributed by atoms with Gasteiger partial charge >= 0.3 is 0 Å². The predicted molar refractivity (Wildman–Crippen MR) is 51.2 cm³/mol. The van der Waals surface area contributed by atoms with Gasteiger partial charge in [-0.3, -0.25) is 0 Å². The molecule has 0 bridgehead atoms. The molecule has 0 saturated heterocycles. The smallest absolute Gasteiger partial charge is 0.144 e. The summed E-state index contributed by atoms with van der Waals surface area (Å²) >= 11 is 9.14. The third-order valence-corrected chi connectivity index (χ3v) is 2.40. The molecule has 0 heterocycles. The first-order valence-electron chi connectivity index (χ1n) is 3.29. The van der Waals surface area contributed by atoms with E-state index in [0.29, 0.717) is 4.47 Å². The van der Waals surface area contributed by atoms with Crippen LogP contribution in [0.5, 0.6) is 5.75 Å². The van der Waals surface area contributed by atoms with Crippen LogP contribution in [-0.2, 0) is 0 Å². The van der Waals surface area contributed by atoms with Gasteiger partial charge in [-0.1, -0.05) is 15.9 Å². The van der Waals surface area contributed by atoms with Gasteiger partial charge in [0.2, 0.25) is 0 Å². The Morgan fingerprint density at radius 1 is 1.20 bits per heavy atom. The van der Waals surface area contributed by atoms with Gasteiger partial charge in [0.25, 0.3) is 0 Å². The van der Waals surface area contributed by atoms with Crippen molar-refractivity contribution >= 4 is 47.8 Å². The van der Waals surface area contributed by atoms with Gasteiger partial charge in [0, 0.05) is 4.47 Å². The van der Waals surface area contributed by atoms with E-state index < -0.39 is 0 Å². The van der Waals surface area contributed by atoms with Crippen molar-refractivity contribution in [1.82, 2.24) is 0 Å². The average Bonchev–Trinajstić information content (AvgIpc) is 2.08. The number of rotatable bonds is 0. The monoisotopic (exact) mass is 330 g/mol. The molecule has 0 atom stereocenters. The number of aromatic hydroxyl groups is 1. The van der Waals surface area contributed by atoms with E-state index in [0.717, 1.165) is 0 Å². The minimum atomic E-state index is -0.117. The highest BCUT2D eigenvalue weighted by Crippen LogP contribution is 2.34. The minimum absolute atomic E-state index is 0.0701. The molecule has 10 heavy (non-hydrogen) atoms. The molecule has 0 aromatic heterocycles. The number of phenolic OH excluding ortho intramolecular Hbond substituents is 1. The van der Waals surface area contributed by atoms with Crippen molar-refractivity contribution in [3.05, 3.63) is 25.5 Å². The highest BCUT2D eigenvalue weighted by atomic mass is 79.9. The molecule has 54 valence electrons. The number of hydrogen-bond donors (Lipinski definition) is 1. The molecule has 0 aliphatic rings. The zero-order valence-corrected chi connectivity index (χ0v) is 9.34. The maximum absolute atomic E-state index is 9.34. The van der Waals surface area contributed by atoms with E-state index in [1.807, 2.05) is 0 Å². The average molecular weight is 333 g/mol. The highest BCUT2D eigenvalue weighted by Gasteiger charge is 2.02. The fourth-order valence-electron chi connectivity index (χ4n) is 0.439. The Kier molecular flexibility index (Phi) is 1.95. The first-order chi connectivity index (χ1) is 5.46. The Hall–Kier alpha value is 0.460. The van der Waals surface area contributed by atoms with Crippen LogP contribution in [0.3, 0.4) is 0 Å². The van der Waals surface area contributed by atoms with Gasteiger partial charge < -0.3 is 5.11 Å². The quantitative estimate of drug-likeness (QED) is 0.768. The van der Waals surface area contributed by atoms with E-state index in [1.165, 1.54) is 0 Å². The standard InChI is InChI=1S/C6H3Br3O/c7-3-1-4(8)6(10)5(9)2-3/h1-2,10H/i1D,2D. The first-order valence-corrected chi connectivity index (χ1v) is 4.67. The number of phenols is 1. The maximum atomic E-state index is 9.34. The molecule has 1 nitrogen and oxygen atoms in total. The summed E-state index contributed by atoms with van der Waals surface area (Å²) in [6.07, 6.45) is 0. The van der Waals surface area contributed by atoms with E-state index in [1.54, 1.807) is 0 Å². The summed E-state index contributed by atoms with van der Waals surface area (Å²) in [5.41, 5.74) is 0. The van der Waals surface area contributed by atoms with E-state index in [2.05, 4.69) is 47.8 Å². The maximum Gasteiger partial charge on any atom is 0.144 e. The molecule has 1 rings (SSSR count). The van der Waals surface area contributed by atoms with Crippen molar-refractivity contribution in [3.8, 4) is 5.75 Å². The second-order valence-corrected chi connectivity index (χ2v) is 3.92. The normalized spacial score (nSPS) is 12.7. The molecule has 0 amide bonds. The molecule has 0 saturated carbocycles. The zero-order chi connectivity index (χ0) is 9.46. The third-order valence-electron chi connectivity index (χ3n) is 0.855. The van der Waals surface area contributed by atoms with Crippen LogP contribution in [0, 0.1) is 0 Å². The minimum Gasteiger partial charge on any atom is -0.506 e. The largest absolute Gasteiger partial charge is 0.506 e. The van der Waals surface area contributed by atoms with Crippen LogP contribution < -0.4 is 0 Å². The summed E-state index contributed by atoms with van der Waals surface area (Å²) in [6, 6.07) is 0.140. The lowest BCUT2D eigenvalue weighted by atomic mass is 10.3. The van der Waals surface area contributed by atoms with Crippen molar-refractivity contribution < 1.29 is 7.85 Å². The lowest BCUT2D eigenvalue weighted by Crippen LogP contribution is -1.71. The van der Waals surface area contributed by atoms with Gasteiger partial charge in [-0.2, -0.15) is 0 Å². The Balaban J connectivity index is 3.60. The van der Waals surface area contributed by atoms with Crippen LogP contribution in [0.2, 0.25) is 0 Å². The van der Waals surface area contributed by atoms with Crippen LogP contribution in [0.1, 0.15) is 2.74 Å². The van der Waals surface area contributed by atoms with Crippen molar-refractivity contribution in [3.63, 3.8) is 0 Å². The van der Waals surface area contributed by atoms with Crippen LogP contribution in [0.25, 0.3) is 0 Å². The Labute approximate surface area is 86.6 Å². The van der Waals surface area contributed by atoms with Gasteiger partial charge in [-0.25, -0.2) is 0 Å². The van der Waals surface area contributed by atoms with E-state index in [9.17, 15) is 5.11 Å². The molecule has 4 heteroatoms. The summed E-state index contributed by atoms with van der Waals surface area (Å²) < 4.78 is 15.8. The van der Waals surface area contributed by atoms with Crippen LogP contribution >= 0.6 is 47.8 Å². The van der Waals surface area contributed by atoms with Crippen LogP contribution in [-0.4, -0.2) is 5.11 Å². The molecule has 0 radical (unpaired) electrons. The van der Waals surface area contributed by atoms with Crippen molar-refractivity contribution in [2.75, 3.05) is 0 Å². The van der Waals surface area contributed by atoms with Crippen molar-refractivity contribution in [2.45, 2.75) is 0 Å². The molecule has 0 aliphatic heterocycles. The number of halogens is 3. The molecular weight excluding hydrogens is 328 g/mol. The van der Waals surface area contributed by atoms with Crippen LogP contribution in [0.4, 0.5) is 0 Å². The summed E-state index contributed by atoms with van der Waals surface area (Å²) in [5.74, 6) is -0.117. The fourth-order valence-corrected chi connectivity index (χ4v) is 2.43. The van der Waals surface area contributed by atoms with Gasteiger partial charge in [-0.15, -0.1) is 0 Å². The van der Waals surface area contributed by atoms with Crippen LogP contribution in [0.15, 0.2) is 25.5 Å². The van der Waals surface area contributed by atoms with E-state index in [4.69, 9.17) is 2.74 Å². The van der Waals surface area contributed by atoms with Gasteiger partial charge in [0.15, 0.2) is 0 Å². The summed E-state index contributed by atoms with van der Waals surface area (Å²) in [4.78, 5) is 0. The molecule has 1 N–H and O–H groups in total. The number of hydrogen-bond acceptors (Lipinski definition) is 1. The summed E-state index contributed by atoms with van der Waals surface area (Å²) in [6.45, 7) is 0. The molecular formula is C6H3Br3O. The predicted octanol–water partition coefficient (Wildman–Crippen LogP) is 3.68.